The highest BCUT2D eigenvalue weighted by Crippen LogP contribution is 2.52. The second-order valence-electron chi connectivity index (χ2n) is 38.4. The van der Waals surface area contributed by atoms with E-state index in [2.05, 4.69) is 48.7 Å². The Morgan fingerprint density at radius 3 is 1.86 bits per heavy atom. The van der Waals surface area contributed by atoms with Gasteiger partial charge in [-0.2, -0.15) is 0 Å². The number of likely N-dealkylation sites (N-methyl/N-ethyl adjacent to an activating group) is 1. The number of aromatic hydroxyl groups is 3. The van der Waals surface area contributed by atoms with E-state index in [1.165, 1.54) is 57.4 Å². The number of pyridine rings is 1. The molecule has 0 radical (unpaired) electrons. The Morgan fingerprint density at radius 1 is 0.634 bits per heavy atom. The lowest BCUT2D eigenvalue weighted by molar-refractivity contribution is -0.697. The summed E-state index contributed by atoms with van der Waals surface area (Å²) in [5, 5.41) is 209. The van der Waals surface area contributed by atoms with Crippen LogP contribution < -0.4 is 61.7 Å². The first-order valence-electron chi connectivity index (χ1n) is 48.5. The summed E-state index contributed by atoms with van der Waals surface area (Å²) in [6, 6.07) is 8.24. The fraction of sp³-hybridized carbons (Fsp3) is 0.560. The summed E-state index contributed by atoms with van der Waals surface area (Å²) in [6.07, 6.45) is -25.6. The number of nitrogens with zero attached hydrogens (tertiary/aromatic N) is 1. The summed E-state index contributed by atoms with van der Waals surface area (Å²) in [7, 11) is 1.48. The van der Waals surface area contributed by atoms with Gasteiger partial charge in [0.2, 0.25) is 47.5 Å². The van der Waals surface area contributed by atoms with Crippen molar-refractivity contribution < 1.29 is 172 Å². The highest BCUT2D eigenvalue weighted by molar-refractivity contribution is 6.32. The molecule has 11 bridgehead atoms. The van der Waals surface area contributed by atoms with Crippen LogP contribution in [0.15, 0.2) is 103 Å². The average molecular weight is 2080 g/mol. The number of nitrogens with one attached hydrogen (secondary N) is 7. The van der Waals surface area contributed by atoms with Crippen LogP contribution in [0.4, 0.5) is 0 Å². The largest absolute Gasteiger partial charge is 0.508 e. The van der Waals surface area contributed by atoms with E-state index in [1.807, 2.05) is 45.3 Å². The number of nitrogens with two attached hydrogens (primary N) is 1. The summed E-state index contributed by atoms with van der Waals surface area (Å²) in [5.41, 5.74) is 3.13. The average Bonchev–Trinajstić information content (AvgIpc) is 0.763. The third kappa shape index (κ3) is 27.5. The number of fused-ring (bicyclic) bond motifs is 15. The lowest BCUT2D eigenvalue weighted by Crippen LogP contribution is -2.62. The quantitative estimate of drug-likeness (QED) is 0.0193. The van der Waals surface area contributed by atoms with Crippen LogP contribution in [0.3, 0.4) is 0 Å². The number of primary amides is 1. The number of halogens is 2. The molecule has 0 aliphatic carbocycles. The lowest BCUT2D eigenvalue weighted by atomic mass is 9.73. The minimum atomic E-state index is -2.53. The van der Waals surface area contributed by atoms with Crippen molar-refractivity contribution in [3.05, 3.63) is 147 Å². The van der Waals surface area contributed by atoms with Gasteiger partial charge in [-0.25, -0.2) is 4.57 Å². The van der Waals surface area contributed by atoms with Gasteiger partial charge >= 0.3 is 0 Å². The van der Waals surface area contributed by atoms with Crippen molar-refractivity contribution in [2.45, 2.75) is 297 Å². The number of aromatic nitrogens is 1. The highest BCUT2D eigenvalue weighted by atomic mass is 35.5. The van der Waals surface area contributed by atoms with Crippen molar-refractivity contribution in [1.82, 2.24) is 37.2 Å². The number of carbonyl (C=O) groups excluding carboxylic acids is 9. The summed E-state index contributed by atoms with van der Waals surface area (Å²) in [4.78, 5) is 136. The van der Waals surface area contributed by atoms with Gasteiger partial charge in [0.1, 0.15) is 133 Å². The SMILES string of the molecule is CCCCCCCCCC[n+]1ccc(CCC2(C)CC(OC3C(Oc4c5cc6cc4Oc4ccc(cc4Cl)C(O)C4NC(=O)[C@@H](CC(=O)[C@@H]6NC(=O)C(CC(N)=O)CC(=O)C(NC(=O)C(CC(C)C)NC)C(O)c6ccc(c(Cl)c6)O5)c5ccc(O)c(c5)-c5c(O)cc(O)cc5[C@@H](C(=O)NCCCNC(=O)C(O)C(O)C(O[C@H]5OC(CO)C(O)C(O)C5O)C(O)CO)NC4=O)OC(CO)C(O)C3O)OC(C)C2O)cc1. The van der Waals surface area contributed by atoms with Gasteiger partial charge in [-0.05, 0) is 140 Å². The molecule has 3 saturated heterocycles. The Bertz CT molecular complexity index is 5520. The Balaban J connectivity index is 0.947. The van der Waals surface area contributed by atoms with Gasteiger partial charge in [0, 0.05) is 79.9 Å². The molecule has 27 atom stereocenters. The van der Waals surface area contributed by atoms with Crippen molar-refractivity contribution in [3.63, 3.8) is 0 Å². The number of phenols is 3. The molecule has 8 aliphatic heterocycles. The molecule has 26 N–H and O–H groups in total. The van der Waals surface area contributed by atoms with Crippen molar-refractivity contribution in [2.75, 3.05) is 40.0 Å². The topological polar surface area (TPSA) is 685 Å². The molecule has 6 aromatic rings. The number of Topliss-reactive ketones (excluding diaryl/α,β-unsaturated/α-hetero) is 2. The molecule has 145 heavy (non-hydrogen) atoms. The van der Waals surface area contributed by atoms with E-state index >= 15 is 28.8 Å². The zero-order valence-electron chi connectivity index (χ0n) is 80.8. The van der Waals surface area contributed by atoms with Crippen LogP contribution in [0, 0.1) is 17.3 Å². The highest BCUT2D eigenvalue weighted by Gasteiger charge is 2.54. The van der Waals surface area contributed by atoms with Gasteiger partial charge in [-0.15, -0.1) is 0 Å². The summed E-state index contributed by atoms with van der Waals surface area (Å²) in [6.45, 7) is 6.03. The van der Waals surface area contributed by atoms with E-state index in [-0.39, 0.29) is 52.6 Å². The van der Waals surface area contributed by atoms with Gasteiger partial charge in [-0.1, -0.05) is 108 Å². The minimum absolute atomic E-state index is 0.0619. The van der Waals surface area contributed by atoms with Crippen LogP contribution >= 0.6 is 23.2 Å². The molecule has 14 rings (SSSR count). The fourth-order valence-corrected chi connectivity index (χ4v) is 19.3. The van der Waals surface area contributed by atoms with Crippen molar-refractivity contribution in [1.29, 1.82) is 0 Å². The lowest BCUT2D eigenvalue weighted by Gasteiger charge is -2.48. The van der Waals surface area contributed by atoms with Gasteiger partial charge in [0.15, 0.2) is 60.2 Å². The predicted molar refractivity (Wildman–Crippen MR) is 512 cm³/mol. The number of rotatable bonds is 37. The van der Waals surface area contributed by atoms with E-state index < -0.39 is 337 Å². The predicted octanol–water partition coefficient (Wildman–Crippen LogP) is 1.23. The Morgan fingerprint density at radius 2 is 1.25 bits per heavy atom. The second kappa shape index (κ2) is 50.9. The van der Waals surface area contributed by atoms with Crippen LogP contribution in [0.1, 0.15) is 195 Å². The van der Waals surface area contributed by atoms with Crippen LogP contribution in [-0.2, 0) is 79.8 Å². The summed E-state index contributed by atoms with van der Waals surface area (Å²) < 4.78 is 52.9. The Labute approximate surface area is 844 Å². The first-order chi connectivity index (χ1) is 69.0. The van der Waals surface area contributed by atoms with Crippen LogP contribution in [0.2, 0.25) is 10.0 Å². The van der Waals surface area contributed by atoms with Gasteiger partial charge in [0.25, 0.3) is 5.91 Å². The molecule has 5 aromatic carbocycles. The maximum atomic E-state index is 16.7. The van der Waals surface area contributed by atoms with Gasteiger partial charge in [-0.3, -0.25) is 43.2 Å². The summed E-state index contributed by atoms with van der Waals surface area (Å²) >= 11 is 14.5. The second-order valence-corrected chi connectivity index (χ2v) is 39.3. The first-order valence-corrected chi connectivity index (χ1v) is 49.3. The normalized spacial score (nSPS) is 28.3. The van der Waals surface area contributed by atoms with E-state index in [4.69, 9.17) is 66.8 Å². The van der Waals surface area contributed by atoms with Crippen LogP contribution in [-0.4, -0.2) is 302 Å². The number of hydrogen-bond donors (Lipinski definition) is 25. The number of ketones is 2. The minimum Gasteiger partial charge on any atom is -0.508 e. The number of phenolic OH excluding ortho intramolecular Hbond substituents is 3. The molecule has 9 heterocycles. The molecule has 43 nitrogen and oxygen atoms in total. The molecule has 1 aromatic heterocycles. The summed E-state index contributed by atoms with van der Waals surface area (Å²) in [5.74, 6) is -20.2. The van der Waals surface area contributed by atoms with Crippen LogP contribution in [0.25, 0.3) is 11.1 Å². The van der Waals surface area contributed by atoms with Crippen molar-refractivity contribution in [3.8, 4) is 57.1 Å². The molecule has 3 fully saturated rings. The number of benzene rings is 5. The number of aryl methyl sites for hydroxylation is 2. The van der Waals surface area contributed by atoms with Crippen molar-refractivity contribution in [2.24, 2.45) is 23.0 Å². The monoisotopic (exact) mass is 2070 g/mol. The fourth-order valence-electron chi connectivity index (χ4n) is 18.9. The third-order valence-electron chi connectivity index (χ3n) is 27.2. The van der Waals surface area contributed by atoms with Crippen LogP contribution in [0.5, 0.6) is 46.0 Å². The van der Waals surface area contributed by atoms with E-state index in [0.717, 1.165) is 92.0 Å². The molecule has 7 amide bonds. The molecule has 45 heteroatoms. The standard InChI is InChI=1S/C100H131Cl2N9O34/c1-7-8-9-10-11-12-13-14-28-111-29-23-48(24-30-111)22-25-100(5)42-73(138-47(4)91(100)131)143-90-84(127)82(125)71(45-114)142-99(90)145-89-68-36-52-37-69(89)140-67-21-18-51(34-59(67)102)80(123)78-96(136)108-76(95(135)105-26-15-27-106-97(137)86(129)85(128)88(65(120)43-112)144-98-87(130)83(126)81(124)70(44-113)141-98)57-39-54(115)40-62(117)74(57)56-32-49(16-19-61(56)116)55(93(133)110-78)41-64(119)75(52)107-92(132)53(38-72(103)121)35-63(118)77(109-94(134)60(104-6)31-46(2)3)79(122)50-17-20-66(139-68)58(101)33-50/h16-21,23-24,29-30,32-34,36-37,39-40,46-47,53,55,60,65,70-71,73,75-88,90-91,98-99,104,112-114,120,122-131H,7-15,22,25-28,31,35,38,41-45H2,1-6H3,(H10-,103,105,106,107,108,109,110,115,116,117,121,132,133,134,135,136,137)/p+1/t47?,53?,55-,60?,65?,70?,71?,73?,75+,76-,77?,78?,79?,80?,81?,82?,83?,84?,85?,86?,87?,88?,90?,91?,98+,99?,100?/m0/s1. The number of aliphatic hydroxyl groups excluding tert-OH is 14. The van der Waals surface area contributed by atoms with Crippen molar-refractivity contribution >= 4 is 76.1 Å². The number of amides is 7. The maximum absolute atomic E-state index is 16.7. The number of aliphatic hydroxyl groups is 14. The smallest absolute Gasteiger partial charge is 0.251 e. The zero-order chi connectivity index (χ0) is 105. The van der Waals surface area contributed by atoms with Gasteiger partial charge < -0.3 is 168 Å². The molecule has 0 spiro atoms. The Hall–Kier alpha value is -10.5. The maximum Gasteiger partial charge on any atom is 0.251 e. The third-order valence-corrected chi connectivity index (χ3v) is 27.8. The molecule has 23 unspecified atom stereocenters. The zero-order valence-corrected chi connectivity index (χ0v) is 82.3. The number of carbonyl (C=O) groups is 9. The molecular formula is C100H132Cl2N9O34+. The first kappa shape index (κ1) is 113. The Kier molecular flexibility index (Phi) is 39.7. The molecule has 794 valence electrons. The number of unbranched alkanes of at least 4 members (excludes halogenated alkanes) is 7. The molecule has 0 saturated carbocycles. The molecule has 8 aliphatic rings. The van der Waals surface area contributed by atoms with Gasteiger partial charge in [0.05, 0.1) is 60.0 Å². The molecular weight excluding hydrogens is 1940 g/mol. The number of hydrogen-bond acceptors (Lipinski definition) is 35. The number of ether oxygens (including phenoxy) is 8. The van der Waals surface area contributed by atoms with E-state index in [9.17, 15) is 101 Å². The van der Waals surface area contributed by atoms with E-state index in [1.54, 1.807) is 6.92 Å². The van der Waals surface area contributed by atoms with E-state index in [0.29, 0.717) is 12.8 Å².